The minimum atomic E-state index is -0.520. The van der Waals surface area contributed by atoms with Crippen molar-refractivity contribution in [2.45, 2.75) is 53.6 Å². The predicted octanol–water partition coefficient (Wildman–Crippen LogP) is 6.36. The molecule has 8 nitrogen and oxygen atoms in total. The van der Waals surface area contributed by atoms with Gasteiger partial charge in [-0.15, -0.1) is 0 Å². The molecule has 0 amide bonds. The molecule has 3 heterocycles. The second-order valence-electron chi connectivity index (χ2n) is 10.8. The van der Waals surface area contributed by atoms with E-state index in [1.165, 1.54) is 6.20 Å². The number of nitrogens with two attached hydrogens (primary N) is 1. The first kappa shape index (κ1) is 29.4. The van der Waals surface area contributed by atoms with Crippen molar-refractivity contribution in [2.24, 2.45) is 22.7 Å². The van der Waals surface area contributed by atoms with Crippen LogP contribution >= 0.6 is 0 Å². The number of aromatic nitrogens is 3. The number of pyridine rings is 1. The van der Waals surface area contributed by atoms with Crippen molar-refractivity contribution in [2.75, 3.05) is 42.7 Å². The van der Waals surface area contributed by atoms with Gasteiger partial charge in [0.1, 0.15) is 11.5 Å². The van der Waals surface area contributed by atoms with Gasteiger partial charge in [-0.1, -0.05) is 47.1 Å². The molecule has 2 aromatic heterocycles. The van der Waals surface area contributed by atoms with Crippen LogP contribution in [0.4, 0.5) is 27.5 Å². The number of aliphatic imine (C=N–C) groups is 1. The molecular formula is C31H42FN7O. The van der Waals surface area contributed by atoms with Gasteiger partial charge in [-0.3, -0.25) is 4.99 Å². The first-order valence-corrected chi connectivity index (χ1v) is 14.2. The molecule has 3 unspecified atom stereocenters. The fraction of sp³-hybridized carbons (Fsp3) is 0.484. The molecule has 1 aliphatic rings. The first-order chi connectivity index (χ1) is 19.2. The highest BCUT2D eigenvalue weighted by Crippen LogP contribution is 2.33. The van der Waals surface area contributed by atoms with E-state index in [-0.39, 0.29) is 23.7 Å². The minimum Gasteiger partial charge on any atom is -0.398 e. The van der Waals surface area contributed by atoms with Crippen LogP contribution in [0.3, 0.4) is 0 Å². The van der Waals surface area contributed by atoms with Crippen molar-refractivity contribution in [3.8, 4) is 11.3 Å². The quantitative estimate of drug-likeness (QED) is 0.213. The summed E-state index contributed by atoms with van der Waals surface area (Å²) in [6, 6.07) is 9.29. The molecule has 1 saturated heterocycles. The Balaban J connectivity index is 1.52. The Morgan fingerprint density at radius 2 is 1.95 bits per heavy atom. The van der Waals surface area contributed by atoms with E-state index >= 15 is 0 Å². The molecule has 4 rings (SSSR count). The maximum absolute atomic E-state index is 14.9. The summed E-state index contributed by atoms with van der Waals surface area (Å²) in [7, 11) is 1.74. The summed E-state index contributed by atoms with van der Waals surface area (Å²) >= 11 is 0. The molecule has 3 atom stereocenters. The fourth-order valence-corrected chi connectivity index (χ4v) is 5.31. The Morgan fingerprint density at radius 1 is 1.15 bits per heavy atom. The van der Waals surface area contributed by atoms with Crippen molar-refractivity contribution in [1.29, 1.82) is 0 Å². The van der Waals surface area contributed by atoms with E-state index in [0.717, 1.165) is 49.5 Å². The maximum atomic E-state index is 14.9. The lowest BCUT2D eigenvalue weighted by Gasteiger charge is -2.23. The van der Waals surface area contributed by atoms with Crippen molar-refractivity contribution >= 4 is 28.9 Å². The number of benzene rings is 1. The van der Waals surface area contributed by atoms with Gasteiger partial charge >= 0.3 is 0 Å². The number of hydrogen-bond donors (Lipinski definition) is 2. The highest BCUT2D eigenvalue weighted by molar-refractivity contribution is 6.06. The van der Waals surface area contributed by atoms with Crippen molar-refractivity contribution in [3.05, 3.63) is 54.1 Å². The molecule has 0 radical (unpaired) electrons. The van der Waals surface area contributed by atoms with Gasteiger partial charge in [-0.05, 0) is 42.5 Å². The van der Waals surface area contributed by atoms with E-state index in [1.54, 1.807) is 19.2 Å². The molecule has 214 valence electrons. The van der Waals surface area contributed by atoms with Gasteiger partial charge in [0.2, 0.25) is 5.95 Å². The van der Waals surface area contributed by atoms with Gasteiger partial charge in [0.05, 0.1) is 24.2 Å². The number of ether oxygens (including phenoxy) is 1. The second kappa shape index (κ2) is 13.2. The average molecular weight is 548 g/mol. The molecule has 1 aliphatic heterocycles. The van der Waals surface area contributed by atoms with E-state index in [2.05, 4.69) is 50.9 Å². The van der Waals surface area contributed by atoms with Crippen LogP contribution in [0.15, 0.2) is 47.7 Å². The van der Waals surface area contributed by atoms with Gasteiger partial charge in [-0.2, -0.15) is 0 Å². The zero-order valence-corrected chi connectivity index (χ0v) is 24.5. The molecule has 1 aromatic carbocycles. The third-order valence-electron chi connectivity index (χ3n) is 7.71. The largest absolute Gasteiger partial charge is 0.398 e. The summed E-state index contributed by atoms with van der Waals surface area (Å²) < 4.78 is 21.1. The van der Waals surface area contributed by atoms with E-state index in [4.69, 9.17) is 10.5 Å². The summed E-state index contributed by atoms with van der Waals surface area (Å²) in [4.78, 5) is 20.0. The van der Waals surface area contributed by atoms with Crippen molar-refractivity contribution in [1.82, 2.24) is 15.0 Å². The zero-order chi connectivity index (χ0) is 28.8. The highest BCUT2D eigenvalue weighted by atomic mass is 19.1. The van der Waals surface area contributed by atoms with Gasteiger partial charge in [0.25, 0.3) is 0 Å². The molecule has 0 aliphatic carbocycles. The lowest BCUT2D eigenvalue weighted by atomic mass is 9.89. The van der Waals surface area contributed by atoms with Crippen LogP contribution in [-0.2, 0) is 4.74 Å². The normalized spacial score (nSPS) is 18.4. The lowest BCUT2D eigenvalue weighted by Crippen LogP contribution is -2.27. The van der Waals surface area contributed by atoms with Crippen LogP contribution in [0.5, 0.6) is 0 Å². The molecule has 0 bridgehead atoms. The summed E-state index contributed by atoms with van der Waals surface area (Å²) in [5, 5.41) is 3.12. The molecule has 3 N–H and O–H groups in total. The number of halogens is 1. The topological polar surface area (TPSA) is 102 Å². The average Bonchev–Trinajstić information content (AvgIpc) is 3.38. The maximum Gasteiger partial charge on any atom is 0.229 e. The van der Waals surface area contributed by atoms with Crippen LogP contribution in [0.25, 0.3) is 11.3 Å². The van der Waals surface area contributed by atoms with E-state index in [9.17, 15) is 4.39 Å². The zero-order valence-electron chi connectivity index (χ0n) is 24.5. The van der Waals surface area contributed by atoms with E-state index < -0.39 is 5.82 Å². The first-order valence-electron chi connectivity index (χ1n) is 14.2. The molecule has 9 heteroatoms. The van der Waals surface area contributed by atoms with Gasteiger partial charge in [0, 0.05) is 55.2 Å². The van der Waals surface area contributed by atoms with Crippen LogP contribution in [0, 0.1) is 23.6 Å². The SMILES string of the molecule is CCCOC1CN(c2ccc(Nc3ncc(F)c(-c4ccc(N)c(C(=NC)C(C)C)c4)n3)nc2)CC1C(C)CC. The second-order valence-corrected chi connectivity index (χ2v) is 10.8. The predicted molar refractivity (Wildman–Crippen MR) is 162 cm³/mol. The summed E-state index contributed by atoms with van der Waals surface area (Å²) in [5.41, 5.74) is 10.3. The molecular weight excluding hydrogens is 505 g/mol. The number of nitrogens with one attached hydrogen (secondary N) is 1. The molecule has 0 saturated carbocycles. The van der Waals surface area contributed by atoms with Gasteiger partial charge < -0.3 is 20.7 Å². The standard InChI is InChI=1S/C31H42FN7O/c1-7-13-40-27-18-39(17-24(27)20(5)8-2)22-10-12-28(35-15-22)37-31-36-16-25(32)30(38-31)21-9-11-26(33)23(14-21)29(34-6)19(3)4/h9-12,14-16,19-20,24,27H,7-8,13,17-18,33H2,1-6H3,(H,35,36,37,38). The van der Waals surface area contributed by atoms with Crippen LogP contribution in [0.1, 0.15) is 53.0 Å². The Labute approximate surface area is 237 Å². The van der Waals surface area contributed by atoms with Crippen LogP contribution in [-0.4, -0.2) is 53.5 Å². The van der Waals surface area contributed by atoms with Crippen molar-refractivity contribution < 1.29 is 9.13 Å². The number of rotatable bonds is 11. The van der Waals surface area contributed by atoms with Crippen LogP contribution < -0.4 is 16.0 Å². The number of nitrogens with zero attached hydrogens (tertiary/aromatic N) is 5. The summed E-state index contributed by atoms with van der Waals surface area (Å²) in [6.45, 7) is 13.4. The Kier molecular flexibility index (Phi) is 9.68. The van der Waals surface area contributed by atoms with E-state index in [1.807, 2.05) is 38.2 Å². The molecule has 1 fully saturated rings. The van der Waals surface area contributed by atoms with Crippen molar-refractivity contribution in [3.63, 3.8) is 0 Å². The Bertz CT molecular complexity index is 1310. The third-order valence-corrected chi connectivity index (χ3v) is 7.71. The number of anilines is 4. The van der Waals surface area contributed by atoms with Gasteiger partial charge in [-0.25, -0.2) is 19.3 Å². The molecule has 3 aromatic rings. The molecule has 0 spiro atoms. The third kappa shape index (κ3) is 6.58. The summed E-state index contributed by atoms with van der Waals surface area (Å²) in [5.74, 6) is 1.57. The number of nitrogen functional groups attached to an aromatic ring is 1. The Morgan fingerprint density at radius 3 is 2.60 bits per heavy atom. The monoisotopic (exact) mass is 547 g/mol. The Hall–Kier alpha value is -3.59. The number of hydrogen-bond acceptors (Lipinski definition) is 8. The lowest BCUT2D eigenvalue weighted by molar-refractivity contribution is 0.0230. The molecule has 40 heavy (non-hydrogen) atoms. The van der Waals surface area contributed by atoms with Gasteiger partial charge in [0.15, 0.2) is 5.82 Å². The smallest absolute Gasteiger partial charge is 0.229 e. The fourth-order valence-electron chi connectivity index (χ4n) is 5.31. The van der Waals surface area contributed by atoms with E-state index in [0.29, 0.717) is 28.9 Å². The summed E-state index contributed by atoms with van der Waals surface area (Å²) in [6.07, 6.45) is 5.40. The minimum absolute atomic E-state index is 0.167. The van der Waals surface area contributed by atoms with Crippen LogP contribution in [0.2, 0.25) is 0 Å². The highest BCUT2D eigenvalue weighted by Gasteiger charge is 2.36.